The normalized spacial score (nSPS) is 10.6. The van der Waals surface area contributed by atoms with E-state index in [1.807, 2.05) is 0 Å². The van der Waals surface area contributed by atoms with E-state index in [2.05, 4.69) is 0 Å². The Morgan fingerprint density at radius 3 is 2.00 bits per heavy atom. The van der Waals surface area contributed by atoms with Crippen molar-refractivity contribution < 1.29 is 22.3 Å². The Labute approximate surface area is 107 Å². The van der Waals surface area contributed by atoms with Gasteiger partial charge in [0.2, 0.25) is 5.82 Å². The summed E-state index contributed by atoms with van der Waals surface area (Å²) in [4.78, 5) is 0. The molecule has 0 N–H and O–H groups in total. The molecule has 0 amide bonds. The van der Waals surface area contributed by atoms with Crippen LogP contribution in [0.25, 0.3) is 0 Å². The van der Waals surface area contributed by atoms with Gasteiger partial charge in [0.15, 0.2) is 11.6 Å². The Kier molecular flexibility index (Phi) is 3.46. The van der Waals surface area contributed by atoms with Gasteiger partial charge in [-0.05, 0) is 25.5 Å². The van der Waals surface area contributed by atoms with Crippen molar-refractivity contribution in [1.82, 2.24) is 0 Å². The lowest BCUT2D eigenvalue weighted by molar-refractivity contribution is 0.408. The molecule has 19 heavy (non-hydrogen) atoms. The minimum atomic E-state index is -1.19. The molecule has 0 aromatic heterocycles. The fraction of sp³-hybridized carbons (Fsp3) is 0.143. The van der Waals surface area contributed by atoms with E-state index in [4.69, 9.17) is 4.74 Å². The fourth-order valence-corrected chi connectivity index (χ4v) is 1.52. The van der Waals surface area contributed by atoms with Crippen LogP contribution in [0.2, 0.25) is 0 Å². The van der Waals surface area contributed by atoms with Gasteiger partial charge < -0.3 is 4.74 Å². The first-order valence-corrected chi connectivity index (χ1v) is 5.48. The van der Waals surface area contributed by atoms with Gasteiger partial charge in [-0.2, -0.15) is 4.39 Å². The van der Waals surface area contributed by atoms with Gasteiger partial charge in [0.25, 0.3) is 0 Å². The van der Waals surface area contributed by atoms with Crippen molar-refractivity contribution in [3.8, 4) is 11.5 Å². The molecule has 0 bridgehead atoms. The average molecular weight is 270 g/mol. The second-order valence-electron chi connectivity index (χ2n) is 4.12. The quantitative estimate of drug-likeness (QED) is 0.721. The Hall–Kier alpha value is -2.04. The molecule has 0 heterocycles. The lowest BCUT2D eigenvalue weighted by atomic mass is 10.2. The summed E-state index contributed by atoms with van der Waals surface area (Å²) < 4.78 is 58.4. The predicted octanol–water partition coefficient (Wildman–Crippen LogP) is 4.65. The van der Waals surface area contributed by atoms with Gasteiger partial charge >= 0.3 is 0 Å². The highest BCUT2D eigenvalue weighted by Crippen LogP contribution is 2.29. The molecule has 2 aromatic carbocycles. The van der Waals surface area contributed by atoms with E-state index in [0.29, 0.717) is 0 Å². The molecular formula is C14H10F4O. The number of rotatable bonds is 2. The van der Waals surface area contributed by atoms with E-state index in [0.717, 1.165) is 12.1 Å². The number of hydrogen-bond acceptors (Lipinski definition) is 1. The molecule has 0 atom stereocenters. The minimum absolute atomic E-state index is 0.117. The maximum Gasteiger partial charge on any atom is 0.201 e. The maximum atomic E-state index is 13.5. The van der Waals surface area contributed by atoms with Crippen molar-refractivity contribution >= 4 is 0 Å². The Morgan fingerprint density at radius 1 is 0.842 bits per heavy atom. The molecule has 0 aliphatic carbocycles. The molecule has 2 aromatic rings. The van der Waals surface area contributed by atoms with Gasteiger partial charge in [0, 0.05) is 17.7 Å². The third-order valence-electron chi connectivity index (χ3n) is 2.72. The molecule has 0 saturated carbocycles. The van der Waals surface area contributed by atoms with Gasteiger partial charge in [-0.1, -0.05) is 6.07 Å². The standard InChI is InChI=1S/C14H10F4O/c1-7-3-4-12(14(18)13(7)17)19-9-5-10(15)8(2)11(16)6-9/h3-6H,1-2H3. The van der Waals surface area contributed by atoms with E-state index in [1.165, 1.54) is 26.0 Å². The molecule has 0 spiro atoms. The second kappa shape index (κ2) is 4.91. The fourth-order valence-electron chi connectivity index (χ4n) is 1.52. The zero-order valence-corrected chi connectivity index (χ0v) is 10.2. The topological polar surface area (TPSA) is 9.23 Å². The third kappa shape index (κ3) is 2.54. The van der Waals surface area contributed by atoms with Crippen LogP contribution in [0, 0.1) is 37.1 Å². The van der Waals surface area contributed by atoms with E-state index >= 15 is 0 Å². The summed E-state index contributed by atoms with van der Waals surface area (Å²) in [6.45, 7) is 2.66. The van der Waals surface area contributed by atoms with Crippen LogP contribution >= 0.6 is 0 Å². The number of aryl methyl sites for hydroxylation is 1. The Balaban J connectivity index is 2.39. The first-order valence-electron chi connectivity index (χ1n) is 5.48. The number of ether oxygens (including phenoxy) is 1. The van der Waals surface area contributed by atoms with E-state index in [1.54, 1.807) is 0 Å². The van der Waals surface area contributed by atoms with Crippen LogP contribution in [0.15, 0.2) is 24.3 Å². The molecule has 0 unspecified atom stereocenters. The van der Waals surface area contributed by atoms with Gasteiger partial charge in [0.05, 0.1) is 0 Å². The highest BCUT2D eigenvalue weighted by Gasteiger charge is 2.14. The van der Waals surface area contributed by atoms with E-state index < -0.39 is 29.0 Å². The number of halogens is 4. The van der Waals surface area contributed by atoms with Crippen molar-refractivity contribution in [2.75, 3.05) is 0 Å². The summed E-state index contributed by atoms with van der Waals surface area (Å²) >= 11 is 0. The number of benzene rings is 2. The van der Waals surface area contributed by atoms with Gasteiger partial charge in [-0.25, -0.2) is 13.2 Å². The van der Waals surface area contributed by atoms with Crippen LogP contribution < -0.4 is 4.74 Å². The molecule has 0 radical (unpaired) electrons. The summed E-state index contributed by atoms with van der Waals surface area (Å²) in [5.74, 6) is -4.54. The minimum Gasteiger partial charge on any atom is -0.454 e. The Morgan fingerprint density at radius 2 is 1.42 bits per heavy atom. The SMILES string of the molecule is Cc1ccc(Oc2cc(F)c(C)c(F)c2)c(F)c1F. The van der Waals surface area contributed by atoms with Crippen LogP contribution in [0.5, 0.6) is 11.5 Å². The van der Waals surface area contributed by atoms with Crippen LogP contribution in [0.4, 0.5) is 17.6 Å². The van der Waals surface area contributed by atoms with E-state index in [-0.39, 0.29) is 16.9 Å². The molecule has 0 fully saturated rings. The average Bonchev–Trinajstić information content (AvgIpc) is 2.36. The first kappa shape index (κ1) is 13.4. The monoisotopic (exact) mass is 270 g/mol. The van der Waals surface area contributed by atoms with Crippen molar-refractivity contribution in [3.63, 3.8) is 0 Å². The summed E-state index contributed by atoms with van der Waals surface area (Å²) in [5.41, 5.74) is -0.0472. The summed E-state index contributed by atoms with van der Waals surface area (Å²) in [6.07, 6.45) is 0. The van der Waals surface area contributed by atoms with Gasteiger partial charge in [-0.15, -0.1) is 0 Å². The number of hydrogen-bond donors (Lipinski definition) is 0. The highest BCUT2D eigenvalue weighted by molar-refractivity contribution is 5.37. The largest absolute Gasteiger partial charge is 0.454 e. The van der Waals surface area contributed by atoms with Gasteiger partial charge in [0.1, 0.15) is 17.4 Å². The second-order valence-corrected chi connectivity index (χ2v) is 4.12. The first-order chi connectivity index (χ1) is 8.90. The van der Waals surface area contributed by atoms with Crippen molar-refractivity contribution in [2.45, 2.75) is 13.8 Å². The lowest BCUT2D eigenvalue weighted by Gasteiger charge is -2.09. The zero-order valence-electron chi connectivity index (χ0n) is 10.2. The van der Waals surface area contributed by atoms with Crippen LogP contribution in [-0.2, 0) is 0 Å². The predicted molar refractivity (Wildman–Crippen MR) is 62.3 cm³/mol. The molecular weight excluding hydrogens is 260 g/mol. The van der Waals surface area contributed by atoms with E-state index in [9.17, 15) is 17.6 Å². The summed E-state index contributed by atoms with van der Waals surface area (Å²) in [5, 5.41) is 0. The van der Waals surface area contributed by atoms with Crippen LogP contribution in [-0.4, -0.2) is 0 Å². The lowest BCUT2D eigenvalue weighted by Crippen LogP contribution is -1.96. The zero-order chi connectivity index (χ0) is 14.2. The van der Waals surface area contributed by atoms with Crippen molar-refractivity contribution in [3.05, 3.63) is 58.7 Å². The maximum absolute atomic E-state index is 13.5. The molecule has 100 valence electrons. The Bertz CT molecular complexity index is 615. The molecule has 0 aliphatic rings. The van der Waals surface area contributed by atoms with Crippen molar-refractivity contribution in [2.24, 2.45) is 0 Å². The molecule has 2 rings (SSSR count). The third-order valence-corrected chi connectivity index (χ3v) is 2.72. The molecule has 1 nitrogen and oxygen atoms in total. The summed E-state index contributed by atoms with van der Waals surface area (Å²) in [6, 6.07) is 4.34. The smallest absolute Gasteiger partial charge is 0.201 e. The van der Waals surface area contributed by atoms with Crippen LogP contribution in [0.3, 0.4) is 0 Å². The van der Waals surface area contributed by atoms with Gasteiger partial charge in [-0.3, -0.25) is 0 Å². The molecule has 5 heteroatoms. The molecule has 0 saturated heterocycles. The molecule has 0 aliphatic heterocycles. The highest BCUT2D eigenvalue weighted by atomic mass is 19.2. The van der Waals surface area contributed by atoms with Crippen LogP contribution in [0.1, 0.15) is 11.1 Å². The van der Waals surface area contributed by atoms with Crippen molar-refractivity contribution in [1.29, 1.82) is 0 Å². The summed E-state index contributed by atoms with van der Waals surface area (Å²) in [7, 11) is 0.